The van der Waals surface area contributed by atoms with Gasteiger partial charge in [0, 0.05) is 26.7 Å². The molecule has 2 amide bonds. The summed E-state index contributed by atoms with van der Waals surface area (Å²) in [4.78, 5) is 15.0. The number of carbonyl (C=O) groups excluding carboxylic acids is 1. The van der Waals surface area contributed by atoms with Gasteiger partial charge in [-0.05, 0) is 11.7 Å². The van der Waals surface area contributed by atoms with Crippen LogP contribution in [0.2, 0.25) is 0 Å². The summed E-state index contributed by atoms with van der Waals surface area (Å²) in [6, 6.07) is 0.156. The summed E-state index contributed by atoms with van der Waals surface area (Å²) in [6.45, 7) is 4.68. The first-order valence-electron chi connectivity index (χ1n) is 4.26. The van der Waals surface area contributed by atoms with Crippen LogP contribution in [0.25, 0.3) is 0 Å². The fourth-order valence-corrected chi connectivity index (χ4v) is 1.42. The van der Waals surface area contributed by atoms with E-state index in [1.165, 1.54) is 0 Å². The topological polar surface area (TPSA) is 23.6 Å². The van der Waals surface area contributed by atoms with Crippen LogP contribution in [-0.4, -0.2) is 48.3 Å². The number of amides is 2. The Balaban J connectivity index is 2.39. The van der Waals surface area contributed by atoms with Gasteiger partial charge in [-0.2, -0.15) is 12.6 Å². The number of hydrogen-bond donors (Lipinski definition) is 1. The first-order valence-corrected chi connectivity index (χ1v) is 4.89. The van der Waals surface area contributed by atoms with Gasteiger partial charge in [0.1, 0.15) is 0 Å². The van der Waals surface area contributed by atoms with E-state index in [9.17, 15) is 4.79 Å². The van der Waals surface area contributed by atoms with Crippen molar-refractivity contribution in [3.8, 4) is 0 Å². The fraction of sp³-hybridized carbons (Fsp3) is 0.875. The Bertz CT molecular complexity index is 174. The molecule has 0 aromatic carbocycles. The highest BCUT2D eigenvalue weighted by Gasteiger charge is 2.25. The third-order valence-corrected chi connectivity index (χ3v) is 2.77. The van der Waals surface area contributed by atoms with Crippen LogP contribution < -0.4 is 0 Å². The van der Waals surface area contributed by atoms with Crippen molar-refractivity contribution < 1.29 is 4.79 Å². The molecule has 1 rings (SSSR count). The maximum absolute atomic E-state index is 11.4. The SMILES string of the molecule is CC(CS)CN1CCN(C)C1=O. The minimum atomic E-state index is 0.156. The molecular weight excluding hydrogens is 172 g/mol. The average Bonchev–Trinajstić information content (AvgIpc) is 2.36. The molecule has 1 unspecified atom stereocenters. The molecule has 0 bridgehead atoms. The zero-order chi connectivity index (χ0) is 9.14. The van der Waals surface area contributed by atoms with E-state index in [0.717, 1.165) is 25.4 Å². The second-order valence-corrected chi connectivity index (χ2v) is 3.80. The summed E-state index contributed by atoms with van der Waals surface area (Å²) in [7, 11) is 1.84. The fourth-order valence-electron chi connectivity index (χ4n) is 1.31. The second kappa shape index (κ2) is 4.03. The van der Waals surface area contributed by atoms with Crippen LogP contribution in [-0.2, 0) is 0 Å². The normalized spacial score (nSPS) is 20.4. The molecular formula is C8H16N2OS. The van der Waals surface area contributed by atoms with Crippen LogP contribution in [0.15, 0.2) is 0 Å². The van der Waals surface area contributed by atoms with Crippen LogP contribution in [0.5, 0.6) is 0 Å². The van der Waals surface area contributed by atoms with Crippen molar-refractivity contribution in [1.29, 1.82) is 0 Å². The number of thiol groups is 1. The number of likely N-dealkylation sites (N-methyl/N-ethyl adjacent to an activating group) is 1. The Kier molecular flexibility index (Phi) is 3.26. The summed E-state index contributed by atoms with van der Waals surface area (Å²) < 4.78 is 0. The van der Waals surface area contributed by atoms with Crippen molar-refractivity contribution in [3.05, 3.63) is 0 Å². The lowest BCUT2D eigenvalue weighted by Gasteiger charge is -2.19. The molecule has 1 aliphatic rings. The second-order valence-electron chi connectivity index (χ2n) is 3.44. The number of rotatable bonds is 3. The Morgan fingerprint density at radius 3 is 2.67 bits per heavy atom. The number of urea groups is 1. The molecule has 0 aromatic rings. The lowest BCUT2D eigenvalue weighted by atomic mass is 10.2. The third-order valence-electron chi connectivity index (χ3n) is 2.15. The van der Waals surface area contributed by atoms with Gasteiger partial charge in [-0.1, -0.05) is 6.92 Å². The van der Waals surface area contributed by atoms with Crippen molar-refractivity contribution in [2.45, 2.75) is 6.92 Å². The van der Waals surface area contributed by atoms with E-state index in [0.29, 0.717) is 5.92 Å². The molecule has 1 heterocycles. The molecule has 1 aliphatic heterocycles. The maximum atomic E-state index is 11.4. The lowest BCUT2D eigenvalue weighted by Crippen LogP contribution is -2.33. The minimum Gasteiger partial charge on any atom is -0.326 e. The highest BCUT2D eigenvalue weighted by atomic mass is 32.1. The van der Waals surface area contributed by atoms with Gasteiger partial charge >= 0.3 is 6.03 Å². The van der Waals surface area contributed by atoms with Crippen LogP contribution in [0.1, 0.15) is 6.92 Å². The zero-order valence-corrected chi connectivity index (χ0v) is 8.55. The third kappa shape index (κ3) is 2.06. The molecule has 0 saturated carbocycles. The molecule has 4 heteroatoms. The standard InChI is InChI=1S/C8H16N2OS/c1-7(6-12)5-10-4-3-9(2)8(10)11/h7,12H,3-6H2,1-2H3. The summed E-state index contributed by atoms with van der Waals surface area (Å²) in [5.74, 6) is 1.33. The smallest absolute Gasteiger partial charge is 0.319 e. The molecule has 12 heavy (non-hydrogen) atoms. The van der Waals surface area contributed by atoms with E-state index in [-0.39, 0.29) is 6.03 Å². The van der Waals surface area contributed by atoms with Crippen LogP contribution in [0.3, 0.4) is 0 Å². The lowest BCUT2D eigenvalue weighted by molar-refractivity contribution is 0.194. The largest absolute Gasteiger partial charge is 0.326 e. The van der Waals surface area contributed by atoms with Gasteiger partial charge in [0.15, 0.2) is 0 Å². The summed E-state index contributed by atoms with van der Waals surface area (Å²) in [5.41, 5.74) is 0. The van der Waals surface area contributed by atoms with Crippen molar-refractivity contribution in [3.63, 3.8) is 0 Å². The zero-order valence-electron chi connectivity index (χ0n) is 7.66. The molecule has 0 aromatic heterocycles. The van der Waals surface area contributed by atoms with E-state index >= 15 is 0 Å². The summed E-state index contributed by atoms with van der Waals surface area (Å²) >= 11 is 4.19. The molecule has 0 radical (unpaired) electrons. The van der Waals surface area contributed by atoms with Gasteiger partial charge in [0.25, 0.3) is 0 Å². The van der Waals surface area contributed by atoms with E-state index < -0.39 is 0 Å². The van der Waals surface area contributed by atoms with E-state index in [1.54, 1.807) is 4.90 Å². The van der Waals surface area contributed by atoms with Gasteiger partial charge in [-0.15, -0.1) is 0 Å². The van der Waals surface area contributed by atoms with Gasteiger partial charge < -0.3 is 9.80 Å². The molecule has 70 valence electrons. The van der Waals surface area contributed by atoms with Gasteiger partial charge in [-0.25, -0.2) is 4.79 Å². The monoisotopic (exact) mass is 188 g/mol. The predicted molar refractivity (Wildman–Crippen MR) is 52.6 cm³/mol. The number of hydrogen-bond acceptors (Lipinski definition) is 2. The summed E-state index contributed by atoms with van der Waals surface area (Å²) in [5, 5.41) is 0. The Hall–Kier alpha value is -0.380. The minimum absolute atomic E-state index is 0.156. The Morgan fingerprint density at radius 2 is 2.25 bits per heavy atom. The maximum Gasteiger partial charge on any atom is 0.319 e. The van der Waals surface area contributed by atoms with Gasteiger partial charge in [-0.3, -0.25) is 0 Å². The van der Waals surface area contributed by atoms with Crippen LogP contribution in [0, 0.1) is 5.92 Å². The summed E-state index contributed by atoms with van der Waals surface area (Å²) in [6.07, 6.45) is 0. The average molecular weight is 188 g/mol. The van der Waals surface area contributed by atoms with E-state index in [2.05, 4.69) is 19.6 Å². The van der Waals surface area contributed by atoms with Crippen molar-refractivity contribution in [1.82, 2.24) is 9.80 Å². The number of carbonyl (C=O) groups is 1. The molecule has 0 N–H and O–H groups in total. The molecule has 1 saturated heterocycles. The van der Waals surface area contributed by atoms with Crippen molar-refractivity contribution in [2.24, 2.45) is 5.92 Å². The van der Waals surface area contributed by atoms with E-state index in [1.807, 2.05) is 11.9 Å². The van der Waals surface area contributed by atoms with Crippen LogP contribution in [0.4, 0.5) is 4.79 Å². The van der Waals surface area contributed by atoms with Crippen molar-refractivity contribution >= 4 is 18.7 Å². The first kappa shape index (κ1) is 9.71. The Labute approximate surface area is 79.1 Å². The number of nitrogens with zero attached hydrogens (tertiary/aromatic N) is 2. The van der Waals surface area contributed by atoms with E-state index in [4.69, 9.17) is 0 Å². The van der Waals surface area contributed by atoms with Crippen LogP contribution >= 0.6 is 12.6 Å². The molecule has 0 spiro atoms. The molecule has 1 fully saturated rings. The van der Waals surface area contributed by atoms with Gasteiger partial charge in [0.2, 0.25) is 0 Å². The highest BCUT2D eigenvalue weighted by Crippen LogP contribution is 2.09. The molecule has 3 nitrogen and oxygen atoms in total. The molecule has 0 aliphatic carbocycles. The van der Waals surface area contributed by atoms with Gasteiger partial charge in [0.05, 0.1) is 0 Å². The first-order chi connectivity index (χ1) is 5.65. The molecule has 1 atom stereocenters. The predicted octanol–water partition coefficient (Wildman–Crippen LogP) is 0.920. The highest BCUT2D eigenvalue weighted by molar-refractivity contribution is 7.80. The quantitative estimate of drug-likeness (QED) is 0.654. The van der Waals surface area contributed by atoms with Crippen molar-refractivity contribution in [2.75, 3.05) is 32.4 Å². The Morgan fingerprint density at radius 1 is 1.58 bits per heavy atom.